The molecular weight excluding hydrogens is 340 g/mol. The molecule has 1 heterocycles. The second-order valence-electron chi connectivity index (χ2n) is 5.68. The predicted molar refractivity (Wildman–Crippen MR) is 111 cm³/mol. The Hall–Kier alpha value is -2.92. The van der Waals surface area contributed by atoms with Gasteiger partial charge in [0.2, 0.25) is 5.95 Å². The zero-order valence-electron chi connectivity index (χ0n) is 14.6. The quantitative estimate of drug-likeness (QED) is 0.459. The molecule has 0 amide bonds. The molecule has 5 heteroatoms. The predicted octanol–water partition coefficient (Wildman–Crippen LogP) is 5.35. The first-order valence-corrected chi connectivity index (χ1v) is 8.83. The van der Waals surface area contributed by atoms with Crippen LogP contribution >= 0.6 is 12.6 Å². The molecule has 26 heavy (non-hydrogen) atoms. The largest absolute Gasteiger partial charge is 0.325 e. The highest BCUT2D eigenvalue weighted by Crippen LogP contribution is 2.22. The van der Waals surface area contributed by atoms with E-state index in [0.29, 0.717) is 23.3 Å². The van der Waals surface area contributed by atoms with Crippen molar-refractivity contribution in [3.05, 3.63) is 83.9 Å². The van der Waals surface area contributed by atoms with E-state index in [-0.39, 0.29) is 0 Å². The lowest BCUT2D eigenvalue weighted by Crippen LogP contribution is -2.05. The summed E-state index contributed by atoms with van der Waals surface area (Å²) < 4.78 is 0. The highest BCUT2D eigenvalue weighted by Gasteiger charge is 2.10. The van der Waals surface area contributed by atoms with Gasteiger partial charge in [0, 0.05) is 16.8 Å². The summed E-state index contributed by atoms with van der Waals surface area (Å²) in [6.07, 6.45) is 2.71. The fourth-order valence-electron chi connectivity index (χ4n) is 2.35. The third-order valence-electron chi connectivity index (χ3n) is 3.67. The first kappa shape index (κ1) is 17.9. The molecule has 4 nitrogen and oxygen atoms in total. The zero-order chi connectivity index (χ0) is 18.4. The lowest BCUT2D eigenvalue weighted by Gasteiger charge is -2.10. The van der Waals surface area contributed by atoms with Crippen molar-refractivity contribution in [1.29, 1.82) is 0 Å². The average Bonchev–Trinajstić information content (AvgIpc) is 2.69. The van der Waals surface area contributed by atoms with Crippen molar-refractivity contribution in [2.75, 3.05) is 5.32 Å². The summed E-state index contributed by atoms with van der Waals surface area (Å²) in [5.74, 6) is 1.68. The fraction of sp³-hybridized carbons (Fsp3) is 0.0952. The van der Waals surface area contributed by atoms with Crippen LogP contribution in [0.4, 0.5) is 5.95 Å². The number of nitrogens with zero attached hydrogens (tertiary/aromatic N) is 3. The third-order valence-corrected chi connectivity index (χ3v) is 4.12. The SMILES string of the molecule is C=C(/C=C(/S)CC)Nc1nc(-c2ccccc2)nc(-c2ccccc2)n1. The summed E-state index contributed by atoms with van der Waals surface area (Å²) in [6.45, 7) is 6.04. The summed E-state index contributed by atoms with van der Waals surface area (Å²) in [7, 11) is 0. The minimum Gasteiger partial charge on any atom is -0.325 e. The Morgan fingerprint density at radius 1 is 0.923 bits per heavy atom. The molecule has 0 aliphatic heterocycles. The minimum atomic E-state index is 0.455. The van der Waals surface area contributed by atoms with E-state index in [1.54, 1.807) is 0 Å². The molecule has 0 saturated heterocycles. The molecule has 0 saturated carbocycles. The highest BCUT2D eigenvalue weighted by molar-refractivity contribution is 7.84. The van der Waals surface area contributed by atoms with Crippen molar-refractivity contribution in [2.45, 2.75) is 13.3 Å². The van der Waals surface area contributed by atoms with Crippen molar-refractivity contribution in [2.24, 2.45) is 0 Å². The van der Waals surface area contributed by atoms with Crippen LogP contribution in [0.1, 0.15) is 13.3 Å². The molecule has 0 spiro atoms. The molecule has 3 rings (SSSR count). The van der Waals surface area contributed by atoms with Crippen molar-refractivity contribution >= 4 is 18.6 Å². The van der Waals surface area contributed by atoms with Crippen LogP contribution in [-0.4, -0.2) is 15.0 Å². The van der Waals surface area contributed by atoms with Gasteiger partial charge in [-0.3, -0.25) is 0 Å². The number of benzene rings is 2. The summed E-state index contributed by atoms with van der Waals surface area (Å²) in [6, 6.07) is 19.7. The maximum Gasteiger partial charge on any atom is 0.231 e. The number of rotatable bonds is 6. The van der Waals surface area contributed by atoms with Crippen LogP contribution in [-0.2, 0) is 0 Å². The van der Waals surface area contributed by atoms with Gasteiger partial charge in [0.15, 0.2) is 11.6 Å². The van der Waals surface area contributed by atoms with Crippen molar-refractivity contribution in [3.8, 4) is 22.8 Å². The number of hydrogen-bond donors (Lipinski definition) is 2. The molecule has 0 unspecified atom stereocenters. The van der Waals surface area contributed by atoms with E-state index in [4.69, 9.17) is 0 Å². The average molecular weight is 360 g/mol. The lowest BCUT2D eigenvalue weighted by molar-refractivity contribution is 1.06. The summed E-state index contributed by atoms with van der Waals surface area (Å²) in [4.78, 5) is 14.7. The molecule has 2 aromatic carbocycles. The van der Waals surface area contributed by atoms with Crippen molar-refractivity contribution in [1.82, 2.24) is 15.0 Å². The van der Waals surface area contributed by atoms with E-state index in [0.717, 1.165) is 22.5 Å². The maximum absolute atomic E-state index is 4.64. The Labute approximate surface area is 159 Å². The number of anilines is 1. The van der Waals surface area contributed by atoms with Gasteiger partial charge in [-0.15, -0.1) is 12.6 Å². The van der Waals surface area contributed by atoms with Crippen LogP contribution in [0, 0.1) is 0 Å². The number of allylic oxidation sites excluding steroid dienone is 2. The van der Waals surface area contributed by atoms with Gasteiger partial charge in [-0.2, -0.15) is 9.97 Å². The fourth-order valence-corrected chi connectivity index (χ4v) is 2.50. The molecule has 0 aliphatic carbocycles. The van der Waals surface area contributed by atoms with Crippen LogP contribution in [0.25, 0.3) is 22.8 Å². The van der Waals surface area contributed by atoms with Gasteiger partial charge in [-0.05, 0) is 17.4 Å². The lowest BCUT2D eigenvalue weighted by atomic mass is 10.2. The van der Waals surface area contributed by atoms with E-state index in [1.807, 2.05) is 73.7 Å². The molecule has 0 radical (unpaired) electrons. The zero-order valence-corrected chi connectivity index (χ0v) is 15.4. The van der Waals surface area contributed by atoms with Gasteiger partial charge in [-0.1, -0.05) is 74.2 Å². The number of aromatic nitrogens is 3. The standard InChI is InChI=1S/C21H20N4S/c1-3-18(26)14-15(2)22-21-24-19(16-10-6-4-7-11-16)23-20(25-21)17-12-8-5-9-13-17/h4-14,26H,2-3H2,1H3,(H,22,23,24,25)/b18-14+. The van der Waals surface area contributed by atoms with Gasteiger partial charge in [0.1, 0.15) is 0 Å². The second kappa shape index (κ2) is 8.45. The molecule has 130 valence electrons. The summed E-state index contributed by atoms with van der Waals surface area (Å²) in [5, 5.41) is 3.15. The highest BCUT2D eigenvalue weighted by atomic mass is 32.1. The van der Waals surface area contributed by atoms with E-state index < -0.39 is 0 Å². The maximum atomic E-state index is 4.64. The van der Waals surface area contributed by atoms with Crippen LogP contribution in [0.3, 0.4) is 0 Å². The van der Waals surface area contributed by atoms with Crippen molar-refractivity contribution < 1.29 is 0 Å². The summed E-state index contributed by atoms with van der Waals surface area (Å²) >= 11 is 4.40. The van der Waals surface area contributed by atoms with Gasteiger partial charge < -0.3 is 5.32 Å². The summed E-state index contributed by atoms with van der Waals surface area (Å²) in [5.41, 5.74) is 2.54. The van der Waals surface area contributed by atoms with Crippen LogP contribution < -0.4 is 5.32 Å². The van der Waals surface area contributed by atoms with E-state index in [1.165, 1.54) is 0 Å². The van der Waals surface area contributed by atoms with Crippen molar-refractivity contribution in [3.63, 3.8) is 0 Å². The molecule has 0 atom stereocenters. The first-order valence-electron chi connectivity index (χ1n) is 8.38. The Morgan fingerprint density at radius 2 is 1.42 bits per heavy atom. The van der Waals surface area contributed by atoms with Gasteiger partial charge in [0.25, 0.3) is 0 Å². The monoisotopic (exact) mass is 360 g/mol. The van der Waals surface area contributed by atoms with E-state index in [9.17, 15) is 0 Å². The minimum absolute atomic E-state index is 0.455. The smallest absolute Gasteiger partial charge is 0.231 e. The Balaban J connectivity index is 2.02. The topological polar surface area (TPSA) is 50.7 Å². The molecule has 0 aliphatic rings. The molecule has 0 bridgehead atoms. The molecule has 3 aromatic rings. The van der Waals surface area contributed by atoms with Crippen LogP contribution in [0.2, 0.25) is 0 Å². The van der Waals surface area contributed by atoms with E-state index in [2.05, 4.69) is 39.5 Å². The van der Waals surface area contributed by atoms with Gasteiger partial charge >= 0.3 is 0 Å². The first-order chi connectivity index (χ1) is 12.7. The molecule has 1 aromatic heterocycles. The molecule has 1 N–H and O–H groups in total. The number of hydrogen-bond acceptors (Lipinski definition) is 5. The number of thiol groups is 1. The van der Waals surface area contributed by atoms with Gasteiger partial charge in [0.05, 0.1) is 0 Å². The second-order valence-corrected chi connectivity index (χ2v) is 6.25. The van der Waals surface area contributed by atoms with Crippen LogP contribution in [0.15, 0.2) is 83.9 Å². The normalized spacial score (nSPS) is 11.2. The van der Waals surface area contributed by atoms with Crippen LogP contribution in [0.5, 0.6) is 0 Å². The molecule has 0 fully saturated rings. The van der Waals surface area contributed by atoms with E-state index >= 15 is 0 Å². The third kappa shape index (κ3) is 4.58. The number of nitrogens with one attached hydrogen (secondary N) is 1. The Morgan fingerprint density at radius 3 is 1.88 bits per heavy atom. The van der Waals surface area contributed by atoms with Gasteiger partial charge in [-0.25, -0.2) is 4.98 Å². The Kier molecular flexibility index (Phi) is 5.81. The molecular formula is C21H20N4S. The Bertz CT molecular complexity index is 864.